The minimum Gasteiger partial charge on any atom is -0.497 e. The first kappa shape index (κ1) is 14.7. The summed E-state index contributed by atoms with van der Waals surface area (Å²) in [5.41, 5.74) is 6.80. The smallest absolute Gasteiger partial charge is 0.253 e. The number of carbonyl (C=O) groups is 1. The highest BCUT2D eigenvalue weighted by atomic mass is 16.5. The lowest BCUT2D eigenvalue weighted by atomic mass is 10.0. The first-order valence-electron chi connectivity index (χ1n) is 7.03. The summed E-state index contributed by atoms with van der Waals surface area (Å²) >= 11 is 0. The van der Waals surface area contributed by atoms with Crippen LogP contribution >= 0.6 is 0 Å². The quantitative estimate of drug-likeness (QED) is 0.818. The Morgan fingerprint density at radius 1 is 1.50 bits per heavy atom. The molecule has 1 saturated heterocycles. The first-order valence-corrected chi connectivity index (χ1v) is 7.03. The van der Waals surface area contributed by atoms with Crippen LogP contribution < -0.4 is 15.8 Å². The molecule has 0 bridgehead atoms. The lowest BCUT2D eigenvalue weighted by Gasteiger charge is -2.32. The normalized spacial score (nSPS) is 19.6. The number of likely N-dealkylation sites (tertiary alicyclic amines) is 1. The standard InChI is InChI=1S/C15H23N3O2/c1-18-8-4-3-5-11(18)10-17-15(19)13-9-12(20-2)6-7-14(13)16/h6-7,9,11H,3-5,8,10,16H2,1-2H3,(H,17,19). The van der Waals surface area contributed by atoms with Crippen molar-refractivity contribution in [3.8, 4) is 5.75 Å². The maximum Gasteiger partial charge on any atom is 0.253 e. The summed E-state index contributed by atoms with van der Waals surface area (Å²) in [6.07, 6.45) is 3.60. The zero-order chi connectivity index (χ0) is 14.5. The number of nitrogens with two attached hydrogens (primary N) is 1. The molecule has 1 aromatic rings. The monoisotopic (exact) mass is 277 g/mol. The number of ether oxygens (including phenoxy) is 1. The van der Waals surface area contributed by atoms with Gasteiger partial charge >= 0.3 is 0 Å². The fraction of sp³-hybridized carbons (Fsp3) is 0.533. The van der Waals surface area contributed by atoms with E-state index in [1.807, 2.05) is 0 Å². The summed E-state index contributed by atoms with van der Waals surface area (Å²) in [4.78, 5) is 14.5. The Labute approximate surface area is 120 Å². The number of methoxy groups -OCH3 is 1. The average molecular weight is 277 g/mol. The number of nitrogens with zero attached hydrogens (tertiary/aromatic N) is 1. The Morgan fingerprint density at radius 2 is 2.30 bits per heavy atom. The lowest BCUT2D eigenvalue weighted by molar-refractivity contribution is 0.0929. The summed E-state index contributed by atoms with van der Waals surface area (Å²) in [5, 5.41) is 2.98. The maximum absolute atomic E-state index is 12.2. The molecule has 0 aliphatic carbocycles. The van der Waals surface area contributed by atoms with Crippen molar-refractivity contribution in [2.24, 2.45) is 0 Å². The zero-order valence-corrected chi connectivity index (χ0v) is 12.2. The van der Waals surface area contributed by atoms with Crippen molar-refractivity contribution < 1.29 is 9.53 Å². The third-order valence-corrected chi connectivity index (χ3v) is 3.92. The molecule has 20 heavy (non-hydrogen) atoms. The Kier molecular flexibility index (Phi) is 4.84. The van der Waals surface area contributed by atoms with Gasteiger partial charge in [0.15, 0.2) is 0 Å². The van der Waals surface area contributed by atoms with Crippen molar-refractivity contribution >= 4 is 11.6 Å². The molecule has 0 spiro atoms. The zero-order valence-electron chi connectivity index (χ0n) is 12.2. The molecular weight excluding hydrogens is 254 g/mol. The largest absolute Gasteiger partial charge is 0.497 e. The first-order chi connectivity index (χ1) is 9.61. The third-order valence-electron chi connectivity index (χ3n) is 3.92. The van der Waals surface area contributed by atoms with Gasteiger partial charge in [-0.2, -0.15) is 0 Å². The van der Waals surface area contributed by atoms with Gasteiger partial charge in [0.1, 0.15) is 5.75 Å². The Hall–Kier alpha value is -1.75. The van der Waals surface area contributed by atoms with E-state index in [9.17, 15) is 4.79 Å². The second-order valence-corrected chi connectivity index (χ2v) is 5.29. The fourth-order valence-corrected chi connectivity index (χ4v) is 2.57. The molecule has 3 N–H and O–H groups in total. The van der Waals surface area contributed by atoms with E-state index in [0.717, 1.165) is 13.0 Å². The molecule has 1 amide bonds. The van der Waals surface area contributed by atoms with E-state index in [-0.39, 0.29) is 5.91 Å². The minimum absolute atomic E-state index is 0.139. The molecule has 110 valence electrons. The van der Waals surface area contributed by atoms with Gasteiger partial charge in [0.05, 0.1) is 12.7 Å². The highest BCUT2D eigenvalue weighted by Gasteiger charge is 2.20. The van der Waals surface area contributed by atoms with E-state index in [2.05, 4.69) is 17.3 Å². The van der Waals surface area contributed by atoms with Crippen molar-refractivity contribution in [2.45, 2.75) is 25.3 Å². The molecule has 1 heterocycles. The van der Waals surface area contributed by atoms with E-state index < -0.39 is 0 Å². The van der Waals surface area contributed by atoms with Crippen LogP contribution in [0.5, 0.6) is 5.75 Å². The molecule has 0 radical (unpaired) electrons. The van der Waals surface area contributed by atoms with Crippen molar-refractivity contribution in [2.75, 3.05) is 33.0 Å². The molecular formula is C15H23N3O2. The van der Waals surface area contributed by atoms with E-state index in [1.54, 1.807) is 25.3 Å². The summed E-state index contributed by atoms with van der Waals surface area (Å²) in [7, 11) is 3.68. The van der Waals surface area contributed by atoms with Crippen LogP contribution in [0.4, 0.5) is 5.69 Å². The second kappa shape index (κ2) is 6.61. The van der Waals surface area contributed by atoms with Gasteiger partial charge in [0, 0.05) is 18.3 Å². The van der Waals surface area contributed by atoms with E-state index in [4.69, 9.17) is 10.5 Å². The van der Waals surface area contributed by atoms with Crippen LogP contribution in [-0.4, -0.2) is 44.1 Å². The minimum atomic E-state index is -0.139. The van der Waals surface area contributed by atoms with Crippen LogP contribution in [0, 0.1) is 0 Å². The van der Waals surface area contributed by atoms with E-state index in [1.165, 1.54) is 12.8 Å². The van der Waals surface area contributed by atoms with Gasteiger partial charge in [-0.05, 0) is 44.6 Å². The molecule has 1 aromatic carbocycles. The molecule has 0 saturated carbocycles. The van der Waals surface area contributed by atoms with Crippen LogP contribution in [0.2, 0.25) is 0 Å². The fourth-order valence-electron chi connectivity index (χ4n) is 2.57. The molecule has 2 rings (SSSR count). The molecule has 1 unspecified atom stereocenters. The van der Waals surface area contributed by atoms with E-state index >= 15 is 0 Å². The SMILES string of the molecule is COc1ccc(N)c(C(=O)NCC2CCCCN2C)c1. The van der Waals surface area contributed by atoms with Gasteiger partial charge < -0.3 is 20.7 Å². The number of nitrogen functional groups attached to an aromatic ring is 1. The summed E-state index contributed by atoms with van der Waals surface area (Å²) < 4.78 is 5.13. The molecule has 0 aromatic heterocycles. The van der Waals surface area contributed by atoms with Gasteiger partial charge in [-0.1, -0.05) is 6.42 Å². The average Bonchev–Trinajstić information content (AvgIpc) is 2.46. The number of likely N-dealkylation sites (N-methyl/N-ethyl adjacent to an activating group) is 1. The topological polar surface area (TPSA) is 67.6 Å². The van der Waals surface area contributed by atoms with Gasteiger partial charge in [-0.3, -0.25) is 4.79 Å². The number of nitrogens with one attached hydrogen (secondary N) is 1. The number of benzene rings is 1. The predicted molar refractivity (Wildman–Crippen MR) is 80.0 cm³/mol. The molecule has 5 nitrogen and oxygen atoms in total. The number of hydrogen-bond donors (Lipinski definition) is 2. The van der Waals surface area contributed by atoms with Gasteiger partial charge in [0.2, 0.25) is 0 Å². The Balaban J connectivity index is 1.97. The van der Waals surface area contributed by atoms with Crippen molar-refractivity contribution in [1.29, 1.82) is 0 Å². The lowest BCUT2D eigenvalue weighted by Crippen LogP contribution is -2.44. The van der Waals surface area contributed by atoms with Crippen molar-refractivity contribution in [3.63, 3.8) is 0 Å². The van der Waals surface area contributed by atoms with Crippen LogP contribution in [0.25, 0.3) is 0 Å². The van der Waals surface area contributed by atoms with Crippen molar-refractivity contribution in [3.05, 3.63) is 23.8 Å². The molecule has 1 atom stereocenters. The number of carbonyl (C=O) groups excluding carboxylic acids is 1. The highest BCUT2D eigenvalue weighted by molar-refractivity contribution is 5.99. The molecule has 5 heteroatoms. The van der Waals surface area contributed by atoms with Crippen LogP contribution in [0.1, 0.15) is 29.6 Å². The number of piperidine rings is 1. The number of amides is 1. The summed E-state index contributed by atoms with van der Waals surface area (Å²) in [5.74, 6) is 0.500. The Morgan fingerprint density at radius 3 is 3.00 bits per heavy atom. The van der Waals surface area contributed by atoms with Gasteiger partial charge in [-0.25, -0.2) is 0 Å². The molecule has 1 aliphatic heterocycles. The molecule has 1 fully saturated rings. The molecule has 1 aliphatic rings. The Bertz CT molecular complexity index is 476. The summed E-state index contributed by atoms with van der Waals surface area (Å²) in [6.45, 7) is 1.76. The van der Waals surface area contributed by atoms with Gasteiger partial charge in [-0.15, -0.1) is 0 Å². The van der Waals surface area contributed by atoms with Gasteiger partial charge in [0.25, 0.3) is 5.91 Å². The van der Waals surface area contributed by atoms with E-state index in [0.29, 0.717) is 29.6 Å². The maximum atomic E-state index is 12.2. The van der Waals surface area contributed by atoms with Crippen molar-refractivity contribution in [1.82, 2.24) is 10.2 Å². The summed E-state index contributed by atoms with van der Waals surface area (Å²) in [6, 6.07) is 5.54. The number of anilines is 1. The predicted octanol–water partition coefficient (Wildman–Crippen LogP) is 1.49. The highest BCUT2D eigenvalue weighted by Crippen LogP contribution is 2.19. The second-order valence-electron chi connectivity index (χ2n) is 5.29. The third kappa shape index (κ3) is 3.42. The van der Waals surface area contributed by atoms with Crippen LogP contribution in [0.3, 0.4) is 0 Å². The number of hydrogen-bond acceptors (Lipinski definition) is 4. The van der Waals surface area contributed by atoms with Crippen LogP contribution in [-0.2, 0) is 0 Å². The number of rotatable bonds is 4. The van der Waals surface area contributed by atoms with Crippen LogP contribution in [0.15, 0.2) is 18.2 Å².